The largest absolute Gasteiger partial charge is 0.474 e. The zero-order valence-corrected chi connectivity index (χ0v) is 26.3. The Labute approximate surface area is 259 Å². The van der Waals surface area contributed by atoms with Crippen molar-refractivity contribution in [2.24, 2.45) is 0 Å². The van der Waals surface area contributed by atoms with Crippen LogP contribution in [-0.2, 0) is 19.1 Å². The third-order valence-electron chi connectivity index (χ3n) is 7.63. The molecular formula is C33H45N5O6. The van der Waals surface area contributed by atoms with Crippen molar-refractivity contribution in [3.8, 4) is 17.3 Å². The number of esters is 1. The Hall–Kier alpha value is -4.02. The molecule has 1 aromatic carbocycles. The minimum Gasteiger partial charge on any atom is -0.474 e. The van der Waals surface area contributed by atoms with Crippen molar-refractivity contribution in [1.82, 2.24) is 25.1 Å². The maximum Gasteiger partial charge on any atom is 0.306 e. The molecule has 1 aliphatic heterocycles. The summed E-state index contributed by atoms with van der Waals surface area (Å²) < 4.78 is 11.6. The molecule has 2 fully saturated rings. The molecule has 1 unspecified atom stereocenters. The van der Waals surface area contributed by atoms with Crippen LogP contribution in [0.4, 0.5) is 0 Å². The zero-order valence-electron chi connectivity index (χ0n) is 26.3. The minimum atomic E-state index is -0.998. The normalized spacial score (nSPS) is 16.4. The summed E-state index contributed by atoms with van der Waals surface area (Å²) in [6.07, 6.45) is 5.26. The van der Waals surface area contributed by atoms with Crippen LogP contribution in [0.3, 0.4) is 0 Å². The van der Waals surface area contributed by atoms with Crippen molar-refractivity contribution in [1.29, 1.82) is 0 Å². The van der Waals surface area contributed by atoms with E-state index >= 15 is 0 Å². The predicted octanol–water partition coefficient (Wildman–Crippen LogP) is 4.16. The third kappa shape index (κ3) is 9.49. The van der Waals surface area contributed by atoms with Crippen molar-refractivity contribution in [2.75, 3.05) is 26.2 Å². The molecule has 0 spiro atoms. The SMILES string of the molecule is CCCC(=O)N1CCN(C(=O)C(CCC(=O)OC(C)(C)C)NC(=O)c2cc(OC3CCCC3)nc(-c3ccccc3)n2)CC1. The number of ether oxygens (including phenoxy) is 2. The van der Waals surface area contributed by atoms with Crippen molar-refractivity contribution in [2.45, 2.75) is 96.8 Å². The highest BCUT2D eigenvalue weighted by atomic mass is 16.6. The summed E-state index contributed by atoms with van der Waals surface area (Å²) >= 11 is 0. The fourth-order valence-corrected chi connectivity index (χ4v) is 5.41. The highest BCUT2D eigenvalue weighted by molar-refractivity contribution is 5.97. The molecular weight excluding hydrogens is 562 g/mol. The number of carbonyl (C=O) groups is 4. The monoisotopic (exact) mass is 607 g/mol. The number of hydrogen-bond donors (Lipinski definition) is 1. The van der Waals surface area contributed by atoms with E-state index in [4.69, 9.17) is 9.47 Å². The molecule has 1 atom stereocenters. The van der Waals surface area contributed by atoms with Crippen LogP contribution >= 0.6 is 0 Å². The summed E-state index contributed by atoms with van der Waals surface area (Å²) in [4.78, 5) is 64.9. The molecule has 0 bridgehead atoms. The molecule has 1 saturated heterocycles. The second-order valence-electron chi connectivity index (χ2n) is 12.4. The fourth-order valence-electron chi connectivity index (χ4n) is 5.41. The number of benzene rings is 1. The van der Waals surface area contributed by atoms with E-state index in [-0.39, 0.29) is 36.5 Å². The summed E-state index contributed by atoms with van der Waals surface area (Å²) in [6, 6.07) is 9.84. The van der Waals surface area contributed by atoms with Gasteiger partial charge in [-0.1, -0.05) is 37.3 Å². The van der Waals surface area contributed by atoms with E-state index in [0.717, 1.165) is 37.7 Å². The number of hydrogen-bond acceptors (Lipinski definition) is 8. The highest BCUT2D eigenvalue weighted by Gasteiger charge is 2.32. The van der Waals surface area contributed by atoms with Gasteiger partial charge in [0.25, 0.3) is 5.91 Å². The van der Waals surface area contributed by atoms with Gasteiger partial charge in [0.2, 0.25) is 17.7 Å². The van der Waals surface area contributed by atoms with Crippen LogP contribution < -0.4 is 10.1 Å². The molecule has 0 radical (unpaired) electrons. The Kier molecular flexibility index (Phi) is 11.3. The quantitative estimate of drug-likeness (QED) is 0.377. The lowest BCUT2D eigenvalue weighted by Gasteiger charge is -2.36. The number of nitrogens with zero attached hydrogens (tertiary/aromatic N) is 4. The van der Waals surface area contributed by atoms with Crippen LogP contribution in [0, 0.1) is 0 Å². The topological polar surface area (TPSA) is 131 Å². The van der Waals surface area contributed by atoms with E-state index < -0.39 is 23.5 Å². The molecule has 11 nitrogen and oxygen atoms in total. The molecule has 11 heteroatoms. The fraction of sp³-hybridized carbons (Fsp3) is 0.576. The van der Waals surface area contributed by atoms with Gasteiger partial charge in [0.05, 0.1) is 0 Å². The van der Waals surface area contributed by atoms with Crippen LogP contribution in [0.5, 0.6) is 5.88 Å². The first-order valence-electron chi connectivity index (χ1n) is 15.7. The van der Waals surface area contributed by atoms with Crippen molar-refractivity contribution in [3.05, 3.63) is 42.1 Å². The van der Waals surface area contributed by atoms with Gasteiger partial charge in [0.15, 0.2) is 5.82 Å². The maximum absolute atomic E-state index is 13.7. The lowest BCUT2D eigenvalue weighted by atomic mass is 10.1. The van der Waals surface area contributed by atoms with E-state index in [1.807, 2.05) is 37.3 Å². The number of aromatic nitrogens is 2. The molecule has 238 valence electrons. The minimum absolute atomic E-state index is 0.0236. The number of piperazine rings is 1. The number of carbonyl (C=O) groups excluding carboxylic acids is 4. The molecule has 2 heterocycles. The molecule has 1 N–H and O–H groups in total. The van der Waals surface area contributed by atoms with Gasteiger partial charge in [-0.25, -0.2) is 4.98 Å². The molecule has 1 saturated carbocycles. The average Bonchev–Trinajstić information content (AvgIpc) is 3.51. The van der Waals surface area contributed by atoms with Gasteiger partial charge in [-0.15, -0.1) is 0 Å². The smallest absolute Gasteiger partial charge is 0.306 e. The van der Waals surface area contributed by atoms with Crippen LogP contribution in [0.2, 0.25) is 0 Å². The second-order valence-corrected chi connectivity index (χ2v) is 12.4. The maximum atomic E-state index is 13.7. The Morgan fingerprint density at radius 2 is 1.61 bits per heavy atom. The van der Waals surface area contributed by atoms with Gasteiger partial charge < -0.3 is 24.6 Å². The lowest BCUT2D eigenvalue weighted by Crippen LogP contribution is -2.56. The Morgan fingerprint density at radius 3 is 2.25 bits per heavy atom. The van der Waals surface area contributed by atoms with E-state index in [2.05, 4.69) is 15.3 Å². The average molecular weight is 608 g/mol. The summed E-state index contributed by atoms with van der Waals surface area (Å²) in [7, 11) is 0. The molecule has 3 amide bonds. The molecule has 2 aromatic rings. The van der Waals surface area contributed by atoms with Gasteiger partial charge in [-0.05, 0) is 59.3 Å². The molecule has 1 aromatic heterocycles. The lowest BCUT2D eigenvalue weighted by molar-refractivity contribution is -0.155. The molecule has 1 aliphatic carbocycles. The van der Waals surface area contributed by atoms with E-state index in [1.54, 1.807) is 30.6 Å². The van der Waals surface area contributed by atoms with E-state index in [1.165, 1.54) is 6.07 Å². The van der Waals surface area contributed by atoms with Gasteiger partial charge in [0.1, 0.15) is 23.4 Å². The van der Waals surface area contributed by atoms with Gasteiger partial charge in [0, 0.05) is 50.7 Å². The van der Waals surface area contributed by atoms with Crippen molar-refractivity contribution in [3.63, 3.8) is 0 Å². The first-order valence-corrected chi connectivity index (χ1v) is 15.7. The van der Waals surface area contributed by atoms with Crippen LogP contribution in [-0.4, -0.2) is 87.4 Å². The third-order valence-corrected chi connectivity index (χ3v) is 7.63. The Morgan fingerprint density at radius 1 is 0.955 bits per heavy atom. The van der Waals surface area contributed by atoms with Gasteiger partial charge in [-0.3, -0.25) is 19.2 Å². The summed E-state index contributed by atoms with van der Waals surface area (Å²) in [5.41, 5.74) is 0.120. The summed E-state index contributed by atoms with van der Waals surface area (Å²) in [6.45, 7) is 8.82. The Bertz CT molecular complexity index is 1300. The van der Waals surface area contributed by atoms with Crippen LogP contribution in [0.1, 0.15) is 89.5 Å². The first-order chi connectivity index (χ1) is 21.0. The Balaban J connectivity index is 1.54. The standard InChI is InChI=1S/C33H45N5O6/c1-5-11-28(39)37-18-20-38(21-19-37)32(42)25(16-17-29(40)44-33(2,3)4)35-31(41)26-22-27(43-24-14-9-10-15-24)36-30(34-26)23-12-7-6-8-13-23/h6-8,12-13,22,24-25H,5,9-11,14-21H2,1-4H3,(H,35,41). The summed E-state index contributed by atoms with van der Waals surface area (Å²) in [5.74, 6) is -0.622. The number of nitrogens with one attached hydrogen (secondary N) is 1. The summed E-state index contributed by atoms with van der Waals surface area (Å²) in [5, 5.41) is 2.84. The molecule has 44 heavy (non-hydrogen) atoms. The zero-order chi connectivity index (χ0) is 31.7. The van der Waals surface area contributed by atoms with Gasteiger partial charge in [-0.2, -0.15) is 4.98 Å². The van der Waals surface area contributed by atoms with E-state index in [9.17, 15) is 19.2 Å². The molecule has 4 rings (SSSR count). The van der Waals surface area contributed by atoms with Crippen molar-refractivity contribution < 1.29 is 28.7 Å². The van der Waals surface area contributed by atoms with Gasteiger partial charge >= 0.3 is 5.97 Å². The first kappa shape index (κ1) is 32.9. The van der Waals surface area contributed by atoms with E-state index in [0.29, 0.717) is 44.3 Å². The van der Waals surface area contributed by atoms with Crippen molar-refractivity contribution >= 4 is 23.7 Å². The highest BCUT2D eigenvalue weighted by Crippen LogP contribution is 2.25. The van der Waals surface area contributed by atoms with Crippen LogP contribution in [0.25, 0.3) is 11.4 Å². The number of amides is 3. The van der Waals surface area contributed by atoms with Crippen LogP contribution in [0.15, 0.2) is 36.4 Å². The molecule has 2 aliphatic rings. The second kappa shape index (κ2) is 15.1. The predicted molar refractivity (Wildman–Crippen MR) is 165 cm³/mol. The number of rotatable bonds is 11.